The molecular weight excluding hydrogens is 256 g/mol. The Kier molecular flexibility index (Phi) is 3.14. The highest BCUT2D eigenvalue weighted by atomic mass is 19.1. The number of hydrogen-bond acceptors (Lipinski definition) is 1. The second-order valence-electron chi connectivity index (χ2n) is 4.26. The third kappa shape index (κ3) is 2.36. The number of nitrogens with zero attached hydrogens (tertiary/aromatic N) is 1. The van der Waals surface area contributed by atoms with E-state index >= 15 is 0 Å². The van der Waals surface area contributed by atoms with E-state index in [4.69, 9.17) is 0 Å². The largest absolute Gasteiger partial charge is 0.256 e. The first-order valence-corrected chi connectivity index (χ1v) is 6.05. The Morgan fingerprint density at radius 2 is 1.65 bits per heavy atom. The molecule has 0 aliphatic heterocycles. The third-order valence-electron chi connectivity index (χ3n) is 2.90. The second-order valence-corrected chi connectivity index (χ2v) is 4.26. The number of rotatable bonds is 0. The molecule has 2 aromatic carbocycles. The van der Waals surface area contributed by atoms with Crippen molar-refractivity contribution in [1.82, 2.24) is 4.98 Å². The molecule has 0 amide bonds. The lowest BCUT2D eigenvalue weighted by atomic mass is 10.1. The van der Waals surface area contributed by atoms with Gasteiger partial charge in [-0.25, -0.2) is 8.78 Å². The summed E-state index contributed by atoms with van der Waals surface area (Å²) in [7, 11) is 0. The minimum absolute atomic E-state index is 0.209. The fraction of sp³-hybridized carbons (Fsp3) is 0. The average molecular weight is 265 g/mol. The van der Waals surface area contributed by atoms with Crippen molar-refractivity contribution in [3.63, 3.8) is 0 Å². The Morgan fingerprint density at radius 1 is 0.850 bits per heavy atom. The Bertz CT molecular complexity index is 824. The minimum atomic E-state index is -0.653. The number of halogens is 2. The van der Waals surface area contributed by atoms with Crippen molar-refractivity contribution in [2.75, 3.05) is 0 Å². The van der Waals surface area contributed by atoms with Crippen molar-refractivity contribution in [2.24, 2.45) is 0 Å². The number of aromatic nitrogens is 1. The lowest BCUT2D eigenvalue weighted by molar-refractivity contribution is 0.577. The summed E-state index contributed by atoms with van der Waals surface area (Å²) in [5.41, 5.74) is 1.34. The zero-order chi connectivity index (χ0) is 13.9. The molecule has 0 atom stereocenters. The van der Waals surface area contributed by atoms with Crippen molar-refractivity contribution in [3.8, 4) is 11.8 Å². The lowest BCUT2D eigenvalue weighted by Crippen LogP contribution is -1.88. The Labute approximate surface area is 114 Å². The molecule has 20 heavy (non-hydrogen) atoms. The Hall–Kier alpha value is -2.73. The maximum atomic E-state index is 13.5. The van der Waals surface area contributed by atoms with E-state index in [0.717, 1.165) is 10.9 Å². The van der Waals surface area contributed by atoms with Gasteiger partial charge in [0.05, 0.1) is 11.1 Å². The first-order chi connectivity index (χ1) is 9.74. The molecular formula is C17H9F2N. The molecule has 0 N–H and O–H groups in total. The fourth-order valence-electron chi connectivity index (χ4n) is 1.91. The van der Waals surface area contributed by atoms with Crippen LogP contribution in [0.1, 0.15) is 11.1 Å². The van der Waals surface area contributed by atoms with Crippen LogP contribution in [0.4, 0.5) is 8.78 Å². The van der Waals surface area contributed by atoms with E-state index in [9.17, 15) is 8.78 Å². The van der Waals surface area contributed by atoms with Gasteiger partial charge in [0.1, 0.15) is 11.6 Å². The molecule has 0 aliphatic carbocycles. The molecule has 0 fully saturated rings. The molecule has 3 rings (SSSR count). The van der Waals surface area contributed by atoms with Gasteiger partial charge >= 0.3 is 0 Å². The summed E-state index contributed by atoms with van der Waals surface area (Å²) < 4.78 is 26.9. The zero-order valence-electron chi connectivity index (χ0n) is 10.4. The topological polar surface area (TPSA) is 12.9 Å². The first-order valence-electron chi connectivity index (χ1n) is 6.05. The van der Waals surface area contributed by atoms with Gasteiger partial charge in [0, 0.05) is 17.1 Å². The molecule has 3 heteroatoms. The molecule has 0 saturated heterocycles. The normalized spacial score (nSPS) is 10.1. The second kappa shape index (κ2) is 5.10. The third-order valence-corrected chi connectivity index (χ3v) is 2.90. The predicted octanol–water partition coefficient (Wildman–Crippen LogP) is 3.91. The smallest absolute Gasteiger partial charge is 0.141 e. The molecule has 3 aromatic rings. The molecule has 0 aliphatic rings. The number of benzene rings is 2. The highest BCUT2D eigenvalue weighted by molar-refractivity contribution is 5.79. The standard InChI is InChI=1S/C17H9F2N/c18-15-4-1-5-16(19)14(15)8-6-12-7-9-17-13(11-12)3-2-10-20-17/h1-5,7,9-11H. The van der Waals surface area contributed by atoms with Gasteiger partial charge in [0.15, 0.2) is 0 Å². The van der Waals surface area contributed by atoms with Crippen molar-refractivity contribution >= 4 is 10.9 Å². The van der Waals surface area contributed by atoms with Crippen LogP contribution < -0.4 is 0 Å². The summed E-state index contributed by atoms with van der Waals surface area (Å²) in [4.78, 5) is 4.20. The molecule has 1 heterocycles. The maximum absolute atomic E-state index is 13.5. The van der Waals surface area contributed by atoms with Gasteiger partial charge in [-0.1, -0.05) is 24.0 Å². The van der Waals surface area contributed by atoms with Crippen LogP contribution in [0, 0.1) is 23.5 Å². The van der Waals surface area contributed by atoms with Gasteiger partial charge in [-0.3, -0.25) is 4.98 Å². The van der Waals surface area contributed by atoms with Gasteiger partial charge in [0.25, 0.3) is 0 Å². The van der Waals surface area contributed by atoms with Crippen molar-refractivity contribution in [3.05, 3.63) is 77.5 Å². The van der Waals surface area contributed by atoms with E-state index in [1.165, 1.54) is 18.2 Å². The maximum Gasteiger partial charge on any atom is 0.141 e. The van der Waals surface area contributed by atoms with Crippen LogP contribution in [0.15, 0.2) is 54.7 Å². The summed E-state index contributed by atoms with van der Waals surface area (Å²) in [5.74, 6) is 4.01. The molecule has 0 bridgehead atoms. The van der Waals surface area contributed by atoms with E-state index in [1.807, 2.05) is 24.3 Å². The van der Waals surface area contributed by atoms with Crippen LogP contribution in [0.5, 0.6) is 0 Å². The molecule has 1 nitrogen and oxygen atoms in total. The van der Waals surface area contributed by atoms with Gasteiger partial charge in [-0.05, 0) is 36.4 Å². The summed E-state index contributed by atoms with van der Waals surface area (Å²) in [6.45, 7) is 0. The number of fused-ring (bicyclic) bond motifs is 1. The molecule has 0 spiro atoms. The van der Waals surface area contributed by atoms with Gasteiger partial charge in [-0.15, -0.1) is 0 Å². The van der Waals surface area contributed by atoms with Crippen LogP contribution in [0.2, 0.25) is 0 Å². The highest BCUT2D eigenvalue weighted by Crippen LogP contribution is 2.14. The number of hydrogen-bond donors (Lipinski definition) is 0. The zero-order valence-corrected chi connectivity index (χ0v) is 10.4. The monoisotopic (exact) mass is 265 g/mol. The minimum Gasteiger partial charge on any atom is -0.256 e. The average Bonchev–Trinajstić information content (AvgIpc) is 2.46. The quantitative estimate of drug-likeness (QED) is 0.561. The molecule has 0 radical (unpaired) electrons. The van der Waals surface area contributed by atoms with Crippen LogP contribution >= 0.6 is 0 Å². The van der Waals surface area contributed by atoms with E-state index < -0.39 is 11.6 Å². The van der Waals surface area contributed by atoms with Crippen molar-refractivity contribution in [2.45, 2.75) is 0 Å². The van der Waals surface area contributed by atoms with Crippen molar-refractivity contribution < 1.29 is 8.78 Å². The number of pyridine rings is 1. The molecule has 1 aromatic heterocycles. The molecule has 96 valence electrons. The highest BCUT2D eigenvalue weighted by Gasteiger charge is 2.04. The summed E-state index contributed by atoms with van der Waals surface area (Å²) in [6.07, 6.45) is 1.71. The molecule has 0 saturated carbocycles. The van der Waals surface area contributed by atoms with Crippen molar-refractivity contribution in [1.29, 1.82) is 0 Å². The lowest BCUT2D eigenvalue weighted by Gasteiger charge is -1.97. The SMILES string of the molecule is Fc1cccc(F)c1C#Cc1ccc2ncccc2c1. The van der Waals surface area contributed by atoms with Crippen LogP contribution in [-0.2, 0) is 0 Å². The van der Waals surface area contributed by atoms with E-state index in [2.05, 4.69) is 16.8 Å². The molecule has 0 unspecified atom stereocenters. The van der Waals surface area contributed by atoms with E-state index in [-0.39, 0.29) is 5.56 Å². The summed E-state index contributed by atoms with van der Waals surface area (Å²) in [6, 6.07) is 12.9. The first kappa shape index (κ1) is 12.3. The Morgan fingerprint density at radius 3 is 2.45 bits per heavy atom. The summed E-state index contributed by atoms with van der Waals surface area (Å²) >= 11 is 0. The van der Waals surface area contributed by atoms with E-state index in [1.54, 1.807) is 12.3 Å². The van der Waals surface area contributed by atoms with Crippen LogP contribution in [-0.4, -0.2) is 4.98 Å². The fourth-order valence-corrected chi connectivity index (χ4v) is 1.91. The Balaban J connectivity index is 2.04. The van der Waals surface area contributed by atoms with Crippen LogP contribution in [0.3, 0.4) is 0 Å². The van der Waals surface area contributed by atoms with E-state index in [0.29, 0.717) is 5.56 Å². The van der Waals surface area contributed by atoms with Gasteiger partial charge in [-0.2, -0.15) is 0 Å². The van der Waals surface area contributed by atoms with Crippen LogP contribution in [0.25, 0.3) is 10.9 Å². The van der Waals surface area contributed by atoms with Gasteiger partial charge in [0.2, 0.25) is 0 Å². The summed E-state index contributed by atoms with van der Waals surface area (Å²) in [5, 5.41) is 0.938. The van der Waals surface area contributed by atoms with Gasteiger partial charge < -0.3 is 0 Å². The predicted molar refractivity (Wildman–Crippen MR) is 74.1 cm³/mol.